The zero-order chi connectivity index (χ0) is 11.4. The molecule has 0 saturated heterocycles. The second-order valence-corrected chi connectivity index (χ2v) is 4.46. The summed E-state index contributed by atoms with van der Waals surface area (Å²) in [6.45, 7) is 4.45. The van der Waals surface area contributed by atoms with Gasteiger partial charge in [0.25, 0.3) is 0 Å². The van der Waals surface area contributed by atoms with Crippen LogP contribution in [0.3, 0.4) is 0 Å². The summed E-state index contributed by atoms with van der Waals surface area (Å²) in [5, 5.41) is 3.12. The molecule has 1 aromatic carbocycles. The van der Waals surface area contributed by atoms with Crippen LogP contribution in [0.2, 0.25) is 0 Å². The van der Waals surface area contributed by atoms with Crippen molar-refractivity contribution in [2.24, 2.45) is 0 Å². The summed E-state index contributed by atoms with van der Waals surface area (Å²) in [6, 6.07) is 3.22. The molecular formula is C11H12BrClFN. The lowest BCUT2D eigenvalue weighted by Gasteiger charge is -2.10. The molecule has 0 unspecified atom stereocenters. The predicted molar refractivity (Wildman–Crippen MR) is 66.9 cm³/mol. The van der Waals surface area contributed by atoms with Gasteiger partial charge in [0.2, 0.25) is 0 Å². The van der Waals surface area contributed by atoms with Gasteiger partial charge in [0.05, 0.1) is 4.47 Å². The van der Waals surface area contributed by atoms with E-state index in [1.54, 1.807) is 6.07 Å². The third-order valence-corrected chi connectivity index (χ3v) is 2.99. The van der Waals surface area contributed by atoms with Crippen LogP contribution in [-0.2, 0) is 0 Å². The Morgan fingerprint density at radius 3 is 2.87 bits per heavy atom. The van der Waals surface area contributed by atoms with Crippen LogP contribution in [0.5, 0.6) is 0 Å². The third kappa shape index (κ3) is 3.50. The van der Waals surface area contributed by atoms with Gasteiger partial charge in [0.1, 0.15) is 5.82 Å². The molecule has 1 rings (SSSR count). The van der Waals surface area contributed by atoms with Gasteiger partial charge in [-0.2, -0.15) is 0 Å². The lowest BCUT2D eigenvalue weighted by molar-refractivity contribution is 0.621. The van der Waals surface area contributed by atoms with E-state index in [0.29, 0.717) is 11.0 Å². The maximum absolute atomic E-state index is 13.2. The van der Waals surface area contributed by atoms with Gasteiger partial charge < -0.3 is 5.32 Å². The van der Waals surface area contributed by atoms with Crippen LogP contribution in [0.25, 0.3) is 0 Å². The Hall–Kier alpha value is -0.540. The van der Waals surface area contributed by atoms with Gasteiger partial charge in [0.15, 0.2) is 0 Å². The first kappa shape index (κ1) is 12.5. The van der Waals surface area contributed by atoms with E-state index in [9.17, 15) is 4.39 Å². The van der Waals surface area contributed by atoms with Crippen LogP contribution in [0.1, 0.15) is 12.5 Å². The van der Waals surface area contributed by atoms with Crippen LogP contribution in [0, 0.1) is 12.7 Å². The number of anilines is 1. The van der Waals surface area contributed by atoms with Crippen molar-refractivity contribution < 1.29 is 4.39 Å². The highest BCUT2D eigenvalue weighted by Crippen LogP contribution is 2.23. The van der Waals surface area contributed by atoms with E-state index in [1.165, 1.54) is 11.6 Å². The van der Waals surface area contributed by atoms with Crippen molar-refractivity contribution in [1.29, 1.82) is 0 Å². The van der Waals surface area contributed by atoms with E-state index >= 15 is 0 Å². The number of nitrogens with one attached hydrogen (secondary N) is 1. The van der Waals surface area contributed by atoms with Crippen LogP contribution < -0.4 is 5.32 Å². The highest BCUT2D eigenvalue weighted by Gasteiger charge is 2.04. The lowest BCUT2D eigenvalue weighted by atomic mass is 10.2. The summed E-state index contributed by atoms with van der Waals surface area (Å²) in [4.78, 5) is 0. The topological polar surface area (TPSA) is 12.0 Å². The number of halogens is 3. The molecule has 0 radical (unpaired) electrons. The Morgan fingerprint density at radius 2 is 2.27 bits per heavy atom. The summed E-state index contributed by atoms with van der Waals surface area (Å²) in [6.07, 6.45) is 0. The number of aryl methyl sites for hydroxylation is 1. The maximum atomic E-state index is 13.2. The minimum Gasteiger partial charge on any atom is -0.381 e. The minimum atomic E-state index is -0.268. The molecule has 1 N–H and O–H groups in total. The zero-order valence-corrected chi connectivity index (χ0v) is 10.9. The van der Waals surface area contributed by atoms with E-state index in [1.807, 2.05) is 13.8 Å². The van der Waals surface area contributed by atoms with Crippen LogP contribution in [0.15, 0.2) is 27.7 Å². The van der Waals surface area contributed by atoms with Crippen molar-refractivity contribution in [3.05, 3.63) is 39.1 Å². The molecule has 0 aliphatic rings. The smallest absolute Gasteiger partial charge is 0.139 e. The summed E-state index contributed by atoms with van der Waals surface area (Å²) in [5.41, 5.74) is 4.29. The molecule has 0 heterocycles. The van der Waals surface area contributed by atoms with Gasteiger partial charge in [-0.1, -0.05) is 11.6 Å². The molecule has 0 spiro atoms. The summed E-state index contributed by atoms with van der Waals surface area (Å²) >= 11 is 8.67. The molecule has 0 bridgehead atoms. The highest BCUT2D eigenvalue weighted by molar-refractivity contribution is 9.10. The third-order valence-electron chi connectivity index (χ3n) is 2.01. The fraction of sp³-hybridized carbons (Fsp3) is 0.273. The fourth-order valence-corrected chi connectivity index (χ4v) is 1.64. The summed E-state index contributed by atoms with van der Waals surface area (Å²) in [7, 11) is 0. The average Bonchev–Trinajstić information content (AvgIpc) is 2.21. The molecule has 4 heteroatoms. The zero-order valence-electron chi connectivity index (χ0n) is 8.57. The molecule has 15 heavy (non-hydrogen) atoms. The van der Waals surface area contributed by atoms with E-state index < -0.39 is 0 Å². The van der Waals surface area contributed by atoms with Crippen molar-refractivity contribution in [2.75, 3.05) is 11.9 Å². The van der Waals surface area contributed by atoms with Crippen molar-refractivity contribution in [3.63, 3.8) is 0 Å². The Bertz CT molecular complexity index is 390. The average molecular weight is 293 g/mol. The first-order chi connectivity index (χ1) is 7.04. The predicted octanol–water partition coefficient (Wildman–Crippen LogP) is 4.45. The van der Waals surface area contributed by atoms with Crippen LogP contribution >= 0.6 is 27.5 Å². The summed E-state index contributed by atoms with van der Waals surface area (Å²) < 4.78 is 13.7. The second-order valence-electron chi connectivity index (χ2n) is 3.39. The molecule has 82 valence electrons. The monoisotopic (exact) mass is 291 g/mol. The van der Waals surface area contributed by atoms with Crippen LogP contribution in [-0.4, -0.2) is 6.54 Å². The van der Waals surface area contributed by atoms with E-state index in [-0.39, 0.29) is 5.82 Å². The standard InChI is InChI=1S/C11H12BrClFN/c1-7(5-13)6-15-11-4-10(14)9(12)3-8(11)2/h3-5,15H,6H2,1-2H3/b7-5-. The quantitative estimate of drug-likeness (QED) is 0.868. The lowest BCUT2D eigenvalue weighted by Crippen LogP contribution is -2.04. The second kappa shape index (κ2) is 5.52. The normalized spacial score (nSPS) is 11.7. The number of hydrogen-bond donors (Lipinski definition) is 1. The molecule has 0 aliphatic heterocycles. The highest BCUT2D eigenvalue weighted by atomic mass is 79.9. The molecule has 0 amide bonds. The Kier molecular flexibility index (Phi) is 4.61. The Balaban J connectivity index is 2.82. The van der Waals surface area contributed by atoms with Crippen molar-refractivity contribution in [3.8, 4) is 0 Å². The fourth-order valence-electron chi connectivity index (χ4n) is 1.11. The van der Waals surface area contributed by atoms with Gasteiger partial charge in [0, 0.05) is 17.8 Å². The SMILES string of the molecule is C/C(=C/Cl)CNc1cc(F)c(Br)cc1C. The number of hydrogen-bond acceptors (Lipinski definition) is 1. The summed E-state index contributed by atoms with van der Waals surface area (Å²) in [5.74, 6) is -0.268. The van der Waals surface area contributed by atoms with E-state index in [0.717, 1.165) is 16.8 Å². The maximum Gasteiger partial charge on any atom is 0.139 e. The van der Waals surface area contributed by atoms with Crippen LogP contribution in [0.4, 0.5) is 10.1 Å². The molecule has 0 aromatic heterocycles. The van der Waals surface area contributed by atoms with Gasteiger partial charge in [-0.05, 0) is 53.0 Å². The molecule has 0 aliphatic carbocycles. The van der Waals surface area contributed by atoms with Crippen molar-refractivity contribution in [2.45, 2.75) is 13.8 Å². The van der Waals surface area contributed by atoms with Crippen molar-refractivity contribution in [1.82, 2.24) is 0 Å². The minimum absolute atomic E-state index is 0.268. The number of benzene rings is 1. The van der Waals surface area contributed by atoms with E-state index in [2.05, 4.69) is 21.2 Å². The molecule has 0 atom stereocenters. The van der Waals surface area contributed by atoms with Gasteiger partial charge in [-0.15, -0.1) is 0 Å². The Labute approximate surface area is 102 Å². The van der Waals surface area contributed by atoms with Gasteiger partial charge in [-0.3, -0.25) is 0 Å². The molecule has 1 nitrogen and oxygen atoms in total. The molecule has 0 saturated carbocycles. The first-order valence-electron chi connectivity index (χ1n) is 4.50. The number of rotatable bonds is 3. The molecule has 0 fully saturated rings. The molecular weight excluding hydrogens is 280 g/mol. The van der Waals surface area contributed by atoms with E-state index in [4.69, 9.17) is 11.6 Å². The van der Waals surface area contributed by atoms with Gasteiger partial charge >= 0.3 is 0 Å². The first-order valence-corrected chi connectivity index (χ1v) is 5.73. The van der Waals surface area contributed by atoms with Gasteiger partial charge in [-0.25, -0.2) is 4.39 Å². The molecule has 1 aromatic rings. The Morgan fingerprint density at radius 1 is 1.60 bits per heavy atom. The van der Waals surface area contributed by atoms with Crippen molar-refractivity contribution >= 4 is 33.2 Å². The largest absolute Gasteiger partial charge is 0.381 e.